The fourth-order valence-corrected chi connectivity index (χ4v) is 4.43. The molecule has 0 bridgehead atoms. The number of piperidine rings is 1. The van der Waals surface area contributed by atoms with Gasteiger partial charge in [-0.05, 0) is 37.1 Å². The summed E-state index contributed by atoms with van der Waals surface area (Å²) in [5.74, 6) is 0.894. The van der Waals surface area contributed by atoms with Gasteiger partial charge < -0.3 is 19.4 Å². The number of carbonyl (C=O) groups excluding carboxylic acids is 2. The first-order chi connectivity index (χ1) is 14.9. The fraction of sp³-hybridized carbons (Fsp3) is 0.455. The molecule has 2 atom stereocenters. The lowest BCUT2D eigenvalue weighted by atomic mass is 10.0. The Morgan fingerprint density at radius 1 is 1.19 bits per heavy atom. The molecular formula is C22H26BrN5O3. The van der Waals surface area contributed by atoms with Crippen LogP contribution in [0.15, 0.2) is 40.9 Å². The third-order valence-electron chi connectivity index (χ3n) is 5.66. The van der Waals surface area contributed by atoms with Gasteiger partial charge in [0, 0.05) is 49.8 Å². The summed E-state index contributed by atoms with van der Waals surface area (Å²) in [6.07, 6.45) is 1.82. The van der Waals surface area contributed by atoms with Crippen LogP contribution in [0.5, 0.6) is 5.88 Å². The molecule has 164 valence electrons. The Morgan fingerprint density at radius 2 is 2.03 bits per heavy atom. The van der Waals surface area contributed by atoms with E-state index in [0.717, 1.165) is 28.8 Å². The average molecular weight is 488 g/mol. The minimum absolute atomic E-state index is 0.0162. The van der Waals surface area contributed by atoms with Gasteiger partial charge in [-0.15, -0.1) is 10.2 Å². The number of carbonyl (C=O) groups is 2. The van der Waals surface area contributed by atoms with E-state index >= 15 is 0 Å². The number of nitrogens with zero attached hydrogens (tertiary/aromatic N) is 5. The highest BCUT2D eigenvalue weighted by Crippen LogP contribution is 2.29. The monoisotopic (exact) mass is 487 g/mol. The van der Waals surface area contributed by atoms with Gasteiger partial charge in [0.25, 0.3) is 0 Å². The molecule has 1 aromatic heterocycles. The van der Waals surface area contributed by atoms with Gasteiger partial charge in [0.15, 0.2) is 5.82 Å². The third kappa shape index (κ3) is 4.98. The summed E-state index contributed by atoms with van der Waals surface area (Å²) in [7, 11) is 3.81. The summed E-state index contributed by atoms with van der Waals surface area (Å²) in [5, 5.41) is 8.27. The number of hydrogen-bond acceptors (Lipinski definition) is 6. The van der Waals surface area contributed by atoms with E-state index in [4.69, 9.17) is 4.74 Å². The topological polar surface area (TPSA) is 78.9 Å². The van der Waals surface area contributed by atoms with Crippen LogP contribution >= 0.6 is 15.9 Å². The van der Waals surface area contributed by atoms with Crippen molar-refractivity contribution in [2.45, 2.75) is 25.4 Å². The number of likely N-dealkylation sites (tertiary alicyclic amines) is 1. The number of ether oxygens (including phenoxy) is 1. The van der Waals surface area contributed by atoms with Gasteiger partial charge in [0.05, 0.1) is 12.5 Å². The second-order valence-electron chi connectivity index (χ2n) is 8.18. The molecule has 4 rings (SSSR count). The standard InChI is InChI=1S/C22H26BrN5O3/c1-26(2)19-8-9-20(25-24-19)31-18-7-4-10-27(14-18)22(30)15-11-21(29)28(13-15)17-6-3-5-16(23)12-17/h3,5-6,8-9,12,15,18H,4,7,10-11,13-14H2,1-2H3. The molecule has 0 N–H and O–H groups in total. The molecule has 2 aromatic rings. The van der Waals surface area contributed by atoms with Crippen molar-refractivity contribution in [3.8, 4) is 5.88 Å². The minimum atomic E-state index is -0.329. The lowest BCUT2D eigenvalue weighted by Crippen LogP contribution is -2.47. The molecular weight excluding hydrogens is 462 g/mol. The lowest BCUT2D eigenvalue weighted by molar-refractivity contribution is -0.138. The Morgan fingerprint density at radius 3 is 2.74 bits per heavy atom. The van der Waals surface area contributed by atoms with Gasteiger partial charge in [0.2, 0.25) is 17.7 Å². The number of amides is 2. The SMILES string of the molecule is CN(C)c1ccc(OC2CCCN(C(=O)C3CC(=O)N(c4cccc(Br)c4)C3)C2)nn1. The summed E-state index contributed by atoms with van der Waals surface area (Å²) in [6.45, 7) is 1.59. The summed E-state index contributed by atoms with van der Waals surface area (Å²) < 4.78 is 6.90. The van der Waals surface area contributed by atoms with Crippen LogP contribution in [0.1, 0.15) is 19.3 Å². The van der Waals surface area contributed by atoms with Crippen LogP contribution in [0.3, 0.4) is 0 Å². The molecule has 0 spiro atoms. The second-order valence-corrected chi connectivity index (χ2v) is 9.09. The van der Waals surface area contributed by atoms with E-state index in [1.165, 1.54) is 0 Å². The molecule has 2 aliphatic heterocycles. The maximum atomic E-state index is 13.2. The number of anilines is 2. The van der Waals surface area contributed by atoms with Crippen molar-refractivity contribution >= 4 is 39.2 Å². The van der Waals surface area contributed by atoms with Gasteiger partial charge in [-0.25, -0.2) is 0 Å². The summed E-state index contributed by atoms with van der Waals surface area (Å²) in [4.78, 5) is 31.1. The van der Waals surface area contributed by atoms with Crippen LogP contribution in [0, 0.1) is 5.92 Å². The number of benzene rings is 1. The van der Waals surface area contributed by atoms with Crippen molar-refractivity contribution < 1.29 is 14.3 Å². The predicted molar refractivity (Wildman–Crippen MR) is 121 cm³/mol. The van der Waals surface area contributed by atoms with E-state index < -0.39 is 0 Å². The zero-order chi connectivity index (χ0) is 22.0. The van der Waals surface area contributed by atoms with E-state index in [1.807, 2.05) is 54.2 Å². The number of hydrogen-bond donors (Lipinski definition) is 0. The first kappa shape index (κ1) is 21.5. The highest BCUT2D eigenvalue weighted by atomic mass is 79.9. The number of halogens is 1. The smallest absolute Gasteiger partial charge is 0.233 e. The van der Waals surface area contributed by atoms with Crippen molar-refractivity contribution in [1.29, 1.82) is 0 Å². The first-order valence-electron chi connectivity index (χ1n) is 10.4. The van der Waals surface area contributed by atoms with Crippen molar-refractivity contribution in [1.82, 2.24) is 15.1 Å². The van der Waals surface area contributed by atoms with Crippen LogP contribution in [0.25, 0.3) is 0 Å². The highest BCUT2D eigenvalue weighted by Gasteiger charge is 2.38. The van der Waals surface area contributed by atoms with Crippen molar-refractivity contribution in [3.05, 3.63) is 40.9 Å². The minimum Gasteiger partial charge on any atom is -0.471 e. The molecule has 8 nitrogen and oxygen atoms in total. The zero-order valence-electron chi connectivity index (χ0n) is 17.7. The molecule has 2 unspecified atom stereocenters. The van der Waals surface area contributed by atoms with Crippen LogP contribution < -0.4 is 14.5 Å². The van der Waals surface area contributed by atoms with Gasteiger partial charge in [-0.1, -0.05) is 22.0 Å². The molecule has 2 fully saturated rings. The van der Waals surface area contributed by atoms with Gasteiger partial charge >= 0.3 is 0 Å². The van der Waals surface area contributed by atoms with Gasteiger partial charge in [-0.3, -0.25) is 9.59 Å². The van der Waals surface area contributed by atoms with Crippen molar-refractivity contribution in [2.75, 3.05) is 43.5 Å². The molecule has 2 saturated heterocycles. The Labute approximate surface area is 190 Å². The largest absolute Gasteiger partial charge is 0.471 e. The highest BCUT2D eigenvalue weighted by molar-refractivity contribution is 9.10. The normalized spacial score (nSPS) is 21.3. The van der Waals surface area contributed by atoms with Gasteiger partial charge in [-0.2, -0.15) is 0 Å². The maximum absolute atomic E-state index is 13.2. The Balaban J connectivity index is 1.37. The molecule has 31 heavy (non-hydrogen) atoms. The van der Waals surface area contributed by atoms with E-state index in [0.29, 0.717) is 25.5 Å². The summed E-state index contributed by atoms with van der Waals surface area (Å²) in [5.41, 5.74) is 0.814. The predicted octanol–water partition coefficient (Wildman–Crippen LogP) is 2.73. The Hall–Kier alpha value is -2.68. The Kier molecular flexibility index (Phi) is 6.41. The number of rotatable bonds is 5. The molecule has 0 radical (unpaired) electrons. The van der Waals surface area contributed by atoms with Crippen molar-refractivity contribution in [2.24, 2.45) is 5.92 Å². The van der Waals surface area contributed by atoms with E-state index in [2.05, 4.69) is 26.1 Å². The molecule has 2 amide bonds. The van der Waals surface area contributed by atoms with E-state index in [1.54, 1.807) is 11.0 Å². The molecule has 3 heterocycles. The lowest BCUT2D eigenvalue weighted by Gasteiger charge is -2.34. The van der Waals surface area contributed by atoms with Gasteiger partial charge in [0.1, 0.15) is 6.10 Å². The molecule has 9 heteroatoms. The van der Waals surface area contributed by atoms with Crippen LogP contribution in [0.4, 0.5) is 11.5 Å². The van der Waals surface area contributed by atoms with E-state index in [9.17, 15) is 9.59 Å². The Bertz CT molecular complexity index is 952. The second kappa shape index (κ2) is 9.21. The molecule has 1 aromatic carbocycles. The fourth-order valence-electron chi connectivity index (χ4n) is 4.04. The van der Waals surface area contributed by atoms with Crippen LogP contribution in [-0.4, -0.2) is 66.7 Å². The first-order valence-corrected chi connectivity index (χ1v) is 11.2. The maximum Gasteiger partial charge on any atom is 0.233 e. The number of aromatic nitrogens is 2. The molecule has 0 aliphatic carbocycles. The summed E-state index contributed by atoms with van der Waals surface area (Å²) in [6, 6.07) is 11.3. The quantitative estimate of drug-likeness (QED) is 0.644. The zero-order valence-corrected chi connectivity index (χ0v) is 19.3. The molecule has 0 saturated carbocycles. The summed E-state index contributed by atoms with van der Waals surface area (Å²) >= 11 is 3.44. The van der Waals surface area contributed by atoms with Crippen LogP contribution in [-0.2, 0) is 9.59 Å². The molecule has 2 aliphatic rings. The van der Waals surface area contributed by atoms with Crippen LogP contribution in [0.2, 0.25) is 0 Å². The van der Waals surface area contributed by atoms with Crippen molar-refractivity contribution in [3.63, 3.8) is 0 Å². The van der Waals surface area contributed by atoms with E-state index in [-0.39, 0.29) is 30.3 Å². The third-order valence-corrected chi connectivity index (χ3v) is 6.15. The average Bonchev–Trinajstić information content (AvgIpc) is 3.15.